The maximum absolute atomic E-state index is 12.9. The molecule has 0 fully saturated rings. The van der Waals surface area contributed by atoms with Gasteiger partial charge in [-0.15, -0.1) is 8.78 Å². The minimum Gasteiger partial charge on any atom is -0.395 e. The van der Waals surface area contributed by atoms with E-state index in [1.165, 1.54) is 12.1 Å². The lowest BCUT2D eigenvalue weighted by atomic mass is 10.2. The molecule has 0 atom stereocenters. The number of nitrogens with zero attached hydrogens (tertiary/aromatic N) is 1. The van der Waals surface area contributed by atoms with Crippen LogP contribution in [-0.2, 0) is 0 Å². The van der Waals surface area contributed by atoms with E-state index in [2.05, 4.69) is 35.7 Å². The highest BCUT2D eigenvalue weighted by Crippen LogP contribution is 2.42. The Bertz CT molecular complexity index is 679. The molecule has 0 radical (unpaired) electrons. The summed E-state index contributed by atoms with van der Waals surface area (Å²) in [6.07, 6.45) is -1.95. The Hall–Kier alpha value is -1.89. The number of aryl methyl sites for hydroxylation is 1. The molecule has 1 N–H and O–H groups in total. The van der Waals surface area contributed by atoms with Crippen molar-refractivity contribution in [3.63, 3.8) is 0 Å². The second kappa shape index (κ2) is 4.59. The summed E-state index contributed by atoms with van der Waals surface area (Å²) in [5.41, 5.74) is 1.58. The summed E-state index contributed by atoms with van der Waals surface area (Å²) in [5.74, 6) is 0.594. The summed E-state index contributed by atoms with van der Waals surface area (Å²) >= 11 is 3.42. The highest BCUT2D eigenvalue weighted by molar-refractivity contribution is 9.10. The van der Waals surface area contributed by atoms with Crippen molar-refractivity contribution in [3.8, 4) is 11.5 Å². The van der Waals surface area contributed by atoms with Gasteiger partial charge in [0.25, 0.3) is 0 Å². The van der Waals surface area contributed by atoms with Crippen molar-refractivity contribution in [3.05, 3.63) is 40.5 Å². The Kier molecular flexibility index (Phi) is 3.01. The number of halogens is 3. The van der Waals surface area contributed by atoms with E-state index in [-0.39, 0.29) is 11.5 Å². The molecule has 104 valence electrons. The van der Waals surface area contributed by atoms with Crippen LogP contribution in [0.1, 0.15) is 5.56 Å². The number of fused-ring (bicyclic) bond motifs is 1. The van der Waals surface area contributed by atoms with E-state index in [1.54, 1.807) is 12.3 Å². The van der Waals surface area contributed by atoms with Crippen LogP contribution in [0.25, 0.3) is 0 Å². The molecule has 0 bridgehead atoms. The van der Waals surface area contributed by atoms with Crippen LogP contribution >= 0.6 is 15.9 Å². The fourth-order valence-electron chi connectivity index (χ4n) is 1.79. The SMILES string of the molecule is Cc1ccnc(Nc2ccc3c(c2)OC(F)(F)O3)c1Br. The van der Waals surface area contributed by atoms with Gasteiger partial charge in [-0.05, 0) is 46.6 Å². The first-order chi connectivity index (χ1) is 9.44. The molecule has 1 aliphatic rings. The molecule has 0 amide bonds. The summed E-state index contributed by atoms with van der Waals surface area (Å²) in [6, 6.07) is 6.32. The number of benzene rings is 1. The Morgan fingerprint density at radius 1 is 1.20 bits per heavy atom. The minimum absolute atomic E-state index is 0.0104. The van der Waals surface area contributed by atoms with Gasteiger partial charge in [-0.1, -0.05) is 0 Å². The number of rotatable bonds is 2. The van der Waals surface area contributed by atoms with Crippen LogP contribution in [0.5, 0.6) is 11.5 Å². The highest BCUT2D eigenvalue weighted by Gasteiger charge is 2.43. The number of hydrogen-bond donors (Lipinski definition) is 1. The molecule has 4 nitrogen and oxygen atoms in total. The van der Waals surface area contributed by atoms with Crippen molar-refractivity contribution in [2.45, 2.75) is 13.2 Å². The number of aromatic nitrogens is 1. The van der Waals surface area contributed by atoms with Crippen molar-refractivity contribution < 1.29 is 18.3 Å². The maximum atomic E-state index is 12.9. The van der Waals surface area contributed by atoms with Crippen LogP contribution < -0.4 is 14.8 Å². The summed E-state index contributed by atoms with van der Waals surface area (Å²) in [4.78, 5) is 4.18. The van der Waals surface area contributed by atoms with E-state index < -0.39 is 6.29 Å². The van der Waals surface area contributed by atoms with E-state index in [0.29, 0.717) is 11.5 Å². The van der Waals surface area contributed by atoms with Gasteiger partial charge in [0.2, 0.25) is 0 Å². The number of alkyl halides is 2. The quantitative estimate of drug-likeness (QED) is 0.887. The summed E-state index contributed by atoms with van der Waals surface area (Å²) in [5, 5.41) is 3.03. The van der Waals surface area contributed by atoms with Gasteiger partial charge in [-0.2, -0.15) is 0 Å². The molecular weight excluding hydrogens is 334 g/mol. The van der Waals surface area contributed by atoms with Crippen LogP contribution in [0.3, 0.4) is 0 Å². The fourth-order valence-corrected chi connectivity index (χ4v) is 2.12. The molecule has 0 spiro atoms. The molecule has 1 aromatic carbocycles. The molecule has 0 unspecified atom stereocenters. The van der Waals surface area contributed by atoms with Gasteiger partial charge >= 0.3 is 6.29 Å². The Morgan fingerprint density at radius 3 is 2.75 bits per heavy atom. The van der Waals surface area contributed by atoms with E-state index in [9.17, 15) is 8.78 Å². The van der Waals surface area contributed by atoms with Crippen LogP contribution in [0.2, 0.25) is 0 Å². The normalized spacial score (nSPS) is 15.2. The Morgan fingerprint density at radius 2 is 1.95 bits per heavy atom. The van der Waals surface area contributed by atoms with Crippen molar-refractivity contribution in [1.29, 1.82) is 0 Å². The van der Waals surface area contributed by atoms with Gasteiger partial charge < -0.3 is 14.8 Å². The zero-order valence-electron chi connectivity index (χ0n) is 10.3. The molecule has 0 aliphatic carbocycles. The van der Waals surface area contributed by atoms with Crippen molar-refractivity contribution in [2.75, 3.05) is 5.32 Å². The average Bonchev–Trinajstić information content (AvgIpc) is 2.68. The van der Waals surface area contributed by atoms with Crippen molar-refractivity contribution >= 4 is 27.4 Å². The molecule has 7 heteroatoms. The second-order valence-electron chi connectivity index (χ2n) is 4.24. The molecule has 0 saturated heterocycles. The third kappa shape index (κ3) is 2.40. The zero-order valence-corrected chi connectivity index (χ0v) is 11.9. The molecule has 3 rings (SSSR count). The topological polar surface area (TPSA) is 43.4 Å². The molecule has 2 aromatic rings. The standard InChI is InChI=1S/C13H9BrF2N2O2/c1-7-4-5-17-12(11(7)14)18-8-2-3-9-10(6-8)20-13(15,16)19-9/h2-6H,1H3,(H,17,18). The third-order valence-electron chi connectivity index (χ3n) is 2.75. The van der Waals surface area contributed by atoms with Crippen LogP contribution in [0, 0.1) is 6.92 Å². The Labute approximate surface area is 121 Å². The number of anilines is 2. The lowest BCUT2D eigenvalue weighted by molar-refractivity contribution is -0.286. The van der Waals surface area contributed by atoms with Gasteiger partial charge in [0.15, 0.2) is 11.5 Å². The van der Waals surface area contributed by atoms with Gasteiger partial charge in [-0.3, -0.25) is 0 Å². The van der Waals surface area contributed by atoms with E-state index in [4.69, 9.17) is 0 Å². The maximum Gasteiger partial charge on any atom is 0.586 e. The smallest absolute Gasteiger partial charge is 0.395 e. The van der Waals surface area contributed by atoms with Crippen molar-refractivity contribution in [2.24, 2.45) is 0 Å². The van der Waals surface area contributed by atoms with E-state index in [0.717, 1.165) is 10.0 Å². The lowest BCUT2D eigenvalue weighted by Crippen LogP contribution is -2.25. The van der Waals surface area contributed by atoms with E-state index >= 15 is 0 Å². The number of hydrogen-bond acceptors (Lipinski definition) is 4. The molecule has 1 aromatic heterocycles. The monoisotopic (exact) mass is 342 g/mol. The highest BCUT2D eigenvalue weighted by atomic mass is 79.9. The molecule has 0 saturated carbocycles. The summed E-state index contributed by atoms with van der Waals surface area (Å²) in [6.45, 7) is 1.93. The average molecular weight is 343 g/mol. The minimum atomic E-state index is -3.61. The number of ether oxygens (including phenoxy) is 2. The van der Waals surface area contributed by atoms with E-state index in [1.807, 2.05) is 13.0 Å². The Balaban J connectivity index is 1.89. The first-order valence-corrected chi connectivity index (χ1v) is 6.52. The lowest BCUT2D eigenvalue weighted by Gasteiger charge is -2.09. The van der Waals surface area contributed by atoms with Crippen molar-refractivity contribution in [1.82, 2.24) is 4.98 Å². The fraction of sp³-hybridized carbons (Fsp3) is 0.154. The van der Waals surface area contributed by atoms with Crippen LogP contribution in [0.15, 0.2) is 34.9 Å². The largest absolute Gasteiger partial charge is 0.586 e. The van der Waals surface area contributed by atoms with Crippen LogP contribution in [-0.4, -0.2) is 11.3 Å². The number of nitrogens with one attached hydrogen (secondary N) is 1. The van der Waals surface area contributed by atoms with Gasteiger partial charge in [0.1, 0.15) is 5.82 Å². The van der Waals surface area contributed by atoms with Gasteiger partial charge in [0.05, 0.1) is 4.47 Å². The first-order valence-electron chi connectivity index (χ1n) is 5.73. The zero-order chi connectivity index (χ0) is 14.3. The molecule has 2 heterocycles. The number of pyridine rings is 1. The van der Waals surface area contributed by atoms with Gasteiger partial charge in [0, 0.05) is 18.0 Å². The summed E-state index contributed by atoms with van der Waals surface area (Å²) in [7, 11) is 0. The molecular formula is C13H9BrF2N2O2. The van der Waals surface area contributed by atoms with Crippen LogP contribution in [0.4, 0.5) is 20.3 Å². The van der Waals surface area contributed by atoms with Gasteiger partial charge in [-0.25, -0.2) is 4.98 Å². The predicted molar refractivity (Wildman–Crippen MR) is 72.6 cm³/mol. The first kappa shape index (κ1) is 13.1. The molecule has 1 aliphatic heterocycles. The molecule has 20 heavy (non-hydrogen) atoms. The second-order valence-corrected chi connectivity index (χ2v) is 5.04. The summed E-state index contributed by atoms with van der Waals surface area (Å²) < 4.78 is 35.4. The predicted octanol–water partition coefficient (Wildman–Crippen LogP) is 4.22. The third-order valence-corrected chi connectivity index (χ3v) is 3.75.